The van der Waals surface area contributed by atoms with Crippen LogP contribution in [0.1, 0.15) is 55.9 Å². The quantitative estimate of drug-likeness (QED) is 0.325. The van der Waals surface area contributed by atoms with Crippen molar-refractivity contribution in [3.05, 3.63) is 117 Å². The van der Waals surface area contributed by atoms with E-state index < -0.39 is 0 Å². The third kappa shape index (κ3) is 5.29. The summed E-state index contributed by atoms with van der Waals surface area (Å²) in [6.45, 7) is 9.35. The van der Waals surface area contributed by atoms with Gasteiger partial charge in [0.05, 0.1) is 0 Å². The summed E-state index contributed by atoms with van der Waals surface area (Å²) in [6.07, 6.45) is 15.4. The smallest absolute Gasteiger partial charge is 0.140 e. The van der Waals surface area contributed by atoms with Crippen LogP contribution >= 0.6 is 0 Å². The number of nitriles is 2. The van der Waals surface area contributed by atoms with Crippen LogP contribution in [0, 0.1) is 22.7 Å². The fraction of sp³-hybridized carbons (Fsp3) is 0.282. The Morgan fingerprint density at radius 1 is 0.870 bits per heavy atom. The van der Waals surface area contributed by atoms with Crippen LogP contribution in [0.15, 0.2) is 94.9 Å². The van der Waals surface area contributed by atoms with Gasteiger partial charge in [0.1, 0.15) is 52.2 Å². The zero-order valence-electron chi connectivity index (χ0n) is 26.7. The van der Waals surface area contributed by atoms with Gasteiger partial charge in [0.25, 0.3) is 0 Å². The van der Waals surface area contributed by atoms with Crippen molar-refractivity contribution in [2.24, 2.45) is 0 Å². The predicted molar refractivity (Wildman–Crippen MR) is 181 cm³/mol. The fourth-order valence-corrected chi connectivity index (χ4v) is 6.87. The lowest BCUT2D eigenvalue weighted by atomic mass is 9.86. The molecule has 0 fully saturated rings. The molecule has 0 saturated carbocycles. The van der Waals surface area contributed by atoms with Gasteiger partial charge < -0.3 is 24.0 Å². The lowest BCUT2D eigenvalue weighted by Gasteiger charge is -2.39. The second-order valence-electron chi connectivity index (χ2n) is 12.3. The second-order valence-corrected chi connectivity index (χ2v) is 12.3. The summed E-state index contributed by atoms with van der Waals surface area (Å²) >= 11 is 0. The van der Waals surface area contributed by atoms with Gasteiger partial charge in [-0.2, -0.15) is 10.5 Å². The van der Waals surface area contributed by atoms with E-state index in [-0.39, 0.29) is 5.57 Å². The number of rotatable bonds is 4. The van der Waals surface area contributed by atoms with E-state index in [4.69, 9.17) is 14.2 Å². The summed E-state index contributed by atoms with van der Waals surface area (Å²) in [6, 6.07) is 12.6. The van der Waals surface area contributed by atoms with Crippen molar-refractivity contribution < 1.29 is 14.2 Å². The highest BCUT2D eigenvalue weighted by atomic mass is 16.5. The number of hydrogen-bond acceptors (Lipinski definition) is 7. The molecular weight excluding hydrogens is 572 g/mol. The van der Waals surface area contributed by atoms with Crippen LogP contribution in [0.5, 0.6) is 11.5 Å². The Labute approximate surface area is 270 Å². The molecule has 0 radical (unpaired) electrons. The average Bonchev–Trinajstić information content (AvgIpc) is 3.05. The molecule has 0 amide bonds. The fourth-order valence-electron chi connectivity index (χ4n) is 6.87. The van der Waals surface area contributed by atoms with E-state index in [1.165, 1.54) is 23.2 Å². The van der Waals surface area contributed by atoms with Crippen molar-refractivity contribution in [1.82, 2.24) is 0 Å². The van der Waals surface area contributed by atoms with Crippen LogP contribution in [0.25, 0.3) is 11.1 Å². The first-order valence-electron chi connectivity index (χ1n) is 16.0. The highest BCUT2D eigenvalue weighted by Gasteiger charge is 2.31. The summed E-state index contributed by atoms with van der Waals surface area (Å²) in [5.41, 5.74) is 10.0. The molecule has 7 rings (SSSR count). The SMILES string of the molecule is CCN(C)c1ccc2c(c1)O/C(=C\C1=CC(=C(C#N)C#N)C=C(C=C3C=C(C)c4cc5c6c(c4O3)CCCN6CCC5)O1)C=C2C. The topological polar surface area (TPSA) is 81.8 Å². The first-order chi connectivity index (χ1) is 22.3. The van der Waals surface area contributed by atoms with Gasteiger partial charge in [-0.05, 0) is 106 Å². The molecule has 0 N–H and O–H groups in total. The van der Waals surface area contributed by atoms with Crippen molar-refractivity contribution >= 4 is 22.5 Å². The van der Waals surface area contributed by atoms with Gasteiger partial charge in [-0.25, -0.2) is 0 Å². The number of allylic oxidation sites excluding steroid dienone is 10. The predicted octanol–water partition coefficient (Wildman–Crippen LogP) is 8.04. The van der Waals surface area contributed by atoms with Crippen molar-refractivity contribution in [1.29, 1.82) is 10.5 Å². The maximum absolute atomic E-state index is 9.72. The van der Waals surface area contributed by atoms with E-state index in [1.54, 1.807) is 18.2 Å². The van der Waals surface area contributed by atoms with Gasteiger partial charge in [-0.15, -0.1) is 0 Å². The number of hydrogen-bond donors (Lipinski definition) is 0. The highest BCUT2D eigenvalue weighted by molar-refractivity contribution is 5.81. The normalized spacial score (nSPS) is 19.4. The van der Waals surface area contributed by atoms with Crippen molar-refractivity contribution in [3.63, 3.8) is 0 Å². The maximum atomic E-state index is 9.72. The number of benzene rings is 2. The van der Waals surface area contributed by atoms with E-state index >= 15 is 0 Å². The van der Waals surface area contributed by atoms with Crippen LogP contribution in [-0.4, -0.2) is 26.7 Å². The molecule has 230 valence electrons. The van der Waals surface area contributed by atoms with Crippen LogP contribution in [0.3, 0.4) is 0 Å². The molecule has 0 spiro atoms. The van der Waals surface area contributed by atoms with Gasteiger partial charge in [-0.3, -0.25) is 0 Å². The molecule has 0 atom stereocenters. The van der Waals surface area contributed by atoms with Crippen molar-refractivity contribution in [2.75, 3.05) is 36.5 Å². The Balaban J connectivity index is 1.23. The first kappa shape index (κ1) is 29.3. The standard InChI is InChI=1S/C39H36N4O3/c1-5-42(4)29-10-11-34-24(2)14-30(45-37(34)19-29)20-32-16-27(28(22-40)23-41)17-33(44-32)21-31-15-25(3)36-18-26-8-6-12-43-13-7-9-35(38(26)43)39(36)46-31/h10-11,14-21H,5-9,12-13H2,1-4H3/b30-20-,31-21?. The van der Waals surface area contributed by atoms with Crippen LogP contribution < -0.4 is 19.3 Å². The Bertz CT molecular complexity index is 1950. The summed E-state index contributed by atoms with van der Waals surface area (Å²) < 4.78 is 19.3. The third-order valence-electron chi connectivity index (χ3n) is 9.28. The van der Waals surface area contributed by atoms with Crippen LogP contribution in [-0.2, 0) is 17.6 Å². The minimum absolute atomic E-state index is 0.00162. The number of aryl methyl sites for hydroxylation is 1. The first-order valence-corrected chi connectivity index (χ1v) is 16.0. The summed E-state index contributed by atoms with van der Waals surface area (Å²) in [7, 11) is 2.05. The molecule has 5 aliphatic rings. The summed E-state index contributed by atoms with van der Waals surface area (Å²) in [4.78, 5) is 4.67. The number of nitrogens with zero attached hydrogens (tertiary/aromatic N) is 4. The summed E-state index contributed by atoms with van der Waals surface area (Å²) in [5, 5.41) is 19.4. The molecule has 2 aromatic carbocycles. The minimum Gasteiger partial charge on any atom is -0.457 e. The molecule has 0 bridgehead atoms. The van der Waals surface area contributed by atoms with E-state index in [0.717, 1.165) is 78.4 Å². The summed E-state index contributed by atoms with van der Waals surface area (Å²) in [5.74, 6) is 3.86. The monoisotopic (exact) mass is 608 g/mol. The third-order valence-corrected chi connectivity index (χ3v) is 9.28. The van der Waals surface area contributed by atoms with E-state index in [0.29, 0.717) is 28.6 Å². The van der Waals surface area contributed by atoms with Crippen molar-refractivity contribution in [3.8, 4) is 23.6 Å². The lowest BCUT2D eigenvalue weighted by molar-refractivity contribution is 0.322. The molecular formula is C39H36N4O3. The molecule has 2 aromatic rings. The van der Waals surface area contributed by atoms with Crippen LogP contribution in [0.4, 0.5) is 11.4 Å². The van der Waals surface area contributed by atoms with Crippen molar-refractivity contribution in [2.45, 2.75) is 46.5 Å². The second kappa shape index (κ2) is 11.8. The maximum Gasteiger partial charge on any atom is 0.140 e. The van der Waals surface area contributed by atoms with Gasteiger partial charge in [0, 0.05) is 78.5 Å². The zero-order valence-corrected chi connectivity index (χ0v) is 26.7. The minimum atomic E-state index is 0.00162. The highest BCUT2D eigenvalue weighted by Crippen LogP contribution is 2.47. The molecule has 0 aromatic heterocycles. The molecule has 0 unspecified atom stereocenters. The number of fused-ring (bicyclic) bond motifs is 3. The Kier molecular flexibility index (Phi) is 7.54. The van der Waals surface area contributed by atoms with Gasteiger partial charge in [0.15, 0.2) is 0 Å². The molecule has 5 aliphatic heterocycles. The molecule has 0 aliphatic carbocycles. The Morgan fingerprint density at radius 2 is 1.54 bits per heavy atom. The van der Waals surface area contributed by atoms with Gasteiger partial charge in [-0.1, -0.05) is 0 Å². The zero-order chi connectivity index (χ0) is 31.9. The number of anilines is 2. The molecule has 7 heteroatoms. The molecule has 0 saturated heterocycles. The molecule has 46 heavy (non-hydrogen) atoms. The van der Waals surface area contributed by atoms with Gasteiger partial charge in [0.2, 0.25) is 0 Å². The average molecular weight is 609 g/mol. The van der Waals surface area contributed by atoms with E-state index in [9.17, 15) is 10.5 Å². The Hall–Kier alpha value is -5.40. The van der Waals surface area contributed by atoms with Crippen LogP contribution in [0.2, 0.25) is 0 Å². The largest absolute Gasteiger partial charge is 0.457 e. The lowest BCUT2D eigenvalue weighted by Crippen LogP contribution is -2.35. The van der Waals surface area contributed by atoms with Gasteiger partial charge >= 0.3 is 0 Å². The molecule has 5 heterocycles. The Morgan fingerprint density at radius 3 is 2.24 bits per heavy atom. The van der Waals surface area contributed by atoms with E-state index in [1.807, 2.05) is 43.5 Å². The number of ether oxygens (including phenoxy) is 3. The van der Waals surface area contributed by atoms with E-state index in [2.05, 4.69) is 48.8 Å². The molecule has 7 nitrogen and oxygen atoms in total.